The Morgan fingerprint density at radius 2 is 1.80 bits per heavy atom. The maximum Gasteiger partial charge on any atom is 0.323 e. The summed E-state index contributed by atoms with van der Waals surface area (Å²) in [4.78, 5) is 24.3. The van der Waals surface area contributed by atoms with Gasteiger partial charge in [-0.1, -0.05) is 25.4 Å². The number of halogens is 1. The van der Waals surface area contributed by atoms with Gasteiger partial charge in [-0.2, -0.15) is 0 Å². The van der Waals surface area contributed by atoms with E-state index in [0.717, 1.165) is 12.8 Å². The van der Waals surface area contributed by atoms with E-state index in [1.807, 2.05) is 13.8 Å². The number of nitrogens with one attached hydrogen (secondary N) is 1. The highest BCUT2D eigenvalue weighted by Crippen LogP contribution is 2.18. The molecule has 20 heavy (non-hydrogen) atoms. The number of carboxylic acid groups (broad SMARTS) is 1. The molecule has 0 heterocycles. The van der Waals surface area contributed by atoms with Gasteiger partial charge in [-0.05, 0) is 37.1 Å². The van der Waals surface area contributed by atoms with Crippen LogP contribution in [-0.4, -0.2) is 29.7 Å². The summed E-state index contributed by atoms with van der Waals surface area (Å²) < 4.78 is 0. The van der Waals surface area contributed by atoms with Gasteiger partial charge in [-0.25, -0.2) is 4.79 Å². The maximum atomic E-state index is 12.2. The molecule has 0 bridgehead atoms. The third kappa shape index (κ3) is 4.74. The highest BCUT2D eigenvalue weighted by Gasteiger charge is 2.20. The molecule has 0 radical (unpaired) electrons. The SMILES string of the molecule is CCC(CC)NC(=O)N(CC(=O)O)c1ccc(Cl)cc1. The van der Waals surface area contributed by atoms with Crippen LogP contribution in [0.2, 0.25) is 5.02 Å². The second kappa shape index (κ2) is 7.75. The van der Waals surface area contributed by atoms with E-state index in [4.69, 9.17) is 16.7 Å². The lowest BCUT2D eigenvalue weighted by Crippen LogP contribution is -2.46. The van der Waals surface area contributed by atoms with Crippen LogP contribution in [0.25, 0.3) is 0 Å². The predicted molar refractivity (Wildman–Crippen MR) is 79.3 cm³/mol. The molecule has 5 nitrogen and oxygen atoms in total. The van der Waals surface area contributed by atoms with Crippen molar-refractivity contribution in [1.82, 2.24) is 5.32 Å². The first kappa shape index (κ1) is 16.3. The molecule has 0 saturated carbocycles. The lowest BCUT2D eigenvalue weighted by molar-refractivity contribution is -0.135. The summed E-state index contributed by atoms with van der Waals surface area (Å²) in [5, 5.41) is 12.3. The van der Waals surface area contributed by atoms with Crippen molar-refractivity contribution in [3.8, 4) is 0 Å². The first-order chi connectivity index (χ1) is 9.47. The summed E-state index contributed by atoms with van der Waals surface area (Å²) in [7, 11) is 0. The lowest BCUT2D eigenvalue weighted by atomic mass is 10.2. The number of carbonyl (C=O) groups excluding carboxylic acids is 1. The summed E-state index contributed by atoms with van der Waals surface area (Å²) in [5.74, 6) is -1.07. The van der Waals surface area contributed by atoms with Crippen LogP contribution in [0.3, 0.4) is 0 Å². The molecule has 6 heteroatoms. The zero-order valence-electron chi connectivity index (χ0n) is 11.6. The summed E-state index contributed by atoms with van der Waals surface area (Å²) in [6.07, 6.45) is 1.59. The van der Waals surface area contributed by atoms with Crippen molar-refractivity contribution in [2.45, 2.75) is 32.7 Å². The largest absolute Gasteiger partial charge is 0.480 e. The molecule has 2 N–H and O–H groups in total. The van der Waals surface area contributed by atoms with Crippen molar-refractivity contribution in [3.05, 3.63) is 29.3 Å². The van der Waals surface area contributed by atoms with Gasteiger partial charge in [-0.15, -0.1) is 0 Å². The van der Waals surface area contributed by atoms with E-state index in [-0.39, 0.29) is 6.04 Å². The number of anilines is 1. The number of hydrogen-bond donors (Lipinski definition) is 2. The molecule has 0 aliphatic heterocycles. The van der Waals surface area contributed by atoms with Crippen molar-refractivity contribution in [1.29, 1.82) is 0 Å². The Bertz CT molecular complexity index is 458. The molecule has 1 aromatic rings. The van der Waals surface area contributed by atoms with Crippen molar-refractivity contribution in [3.63, 3.8) is 0 Å². The van der Waals surface area contributed by atoms with Crippen LogP contribution in [0.4, 0.5) is 10.5 Å². The van der Waals surface area contributed by atoms with E-state index in [2.05, 4.69) is 5.32 Å². The number of urea groups is 1. The van der Waals surface area contributed by atoms with E-state index >= 15 is 0 Å². The molecule has 0 spiro atoms. The second-order valence-electron chi connectivity index (χ2n) is 4.42. The molecule has 110 valence electrons. The molecule has 2 amide bonds. The normalized spacial score (nSPS) is 10.4. The van der Waals surface area contributed by atoms with E-state index < -0.39 is 18.5 Å². The molecule has 0 aromatic heterocycles. The topological polar surface area (TPSA) is 69.6 Å². The summed E-state index contributed by atoms with van der Waals surface area (Å²) in [6, 6.07) is 6.11. The number of rotatable bonds is 6. The lowest BCUT2D eigenvalue weighted by Gasteiger charge is -2.24. The van der Waals surface area contributed by atoms with E-state index in [9.17, 15) is 9.59 Å². The van der Waals surface area contributed by atoms with E-state index in [0.29, 0.717) is 10.7 Å². The quantitative estimate of drug-likeness (QED) is 0.847. The van der Waals surface area contributed by atoms with Gasteiger partial charge in [0.15, 0.2) is 0 Å². The van der Waals surface area contributed by atoms with Crippen molar-refractivity contribution < 1.29 is 14.7 Å². The number of nitrogens with zero attached hydrogens (tertiary/aromatic N) is 1. The number of amides is 2. The minimum atomic E-state index is -1.07. The smallest absolute Gasteiger partial charge is 0.323 e. The number of carboxylic acids is 1. The average Bonchev–Trinajstić information content (AvgIpc) is 2.42. The van der Waals surface area contributed by atoms with Crippen molar-refractivity contribution in [2.75, 3.05) is 11.4 Å². The van der Waals surface area contributed by atoms with Crippen LogP contribution in [-0.2, 0) is 4.79 Å². The Hall–Kier alpha value is -1.75. The fourth-order valence-corrected chi connectivity index (χ4v) is 1.91. The second-order valence-corrected chi connectivity index (χ2v) is 4.86. The number of benzene rings is 1. The molecular weight excluding hydrogens is 280 g/mol. The van der Waals surface area contributed by atoms with E-state index in [1.165, 1.54) is 4.90 Å². The molecule has 1 rings (SSSR count). The molecule has 0 atom stereocenters. The van der Waals surface area contributed by atoms with Crippen molar-refractivity contribution >= 4 is 29.3 Å². The molecule has 0 aliphatic rings. The van der Waals surface area contributed by atoms with Crippen LogP contribution >= 0.6 is 11.6 Å². The Labute approximate surface area is 123 Å². The molecule has 0 unspecified atom stereocenters. The zero-order valence-corrected chi connectivity index (χ0v) is 12.4. The van der Waals surface area contributed by atoms with Gasteiger partial charge in [0, 0.05) is 16.8 Å². The Balaban J connectivity index is 2.91. The third-order valence-corrected chi connectivity index (χ3v) is 3.24. The third-order valence-electron chi connectivity index (χ3n) is 2.99. The van der Waals surface area contributed by atoms with Gasteiger partial charge < -0.3 is 10.4 Å². The molecule has 0 saturated heterocycles. The standard InChI is InChI=1S/C14H19ClN2O3/c1-3-11(4-2)16-14(20)17(9-13(18)19)12-7-5-10(15)6-8-12/h5-8,11H,3-4,9H2,1-2H3,(H,16,20)(H,18,19). The first-order valence-electron chi connectivity index (χ1n) is 6.53. The Morgan fingerprint density at radius 1 is 1.25 bits per heavy atom. The van der Waals surface area contributed by atoms with Gasteiger partial charge >= 0.3 is 12.0 Å². The average molecular weight is 299 g/mol. The summed E-state index contributed by atoms with van der Waals surface area (Å²) in [5.41, 5.74) is 0.500. The van der Waals surface area contributed by atoms with E-state index in [1.54, 1.807) is 24.3 Å². The van der Waals surface area contributed by atoms with Gasteiger partial charge in [0.1, 0.15) is 6.54 Å². The fourth-order valence-electron chi connectivity index (χ4n) is 1.78. The molecule has 0 fully saturated rings. The molecule has 0 aliphatic carbocycles. The Kier molecular flexibility index (Phi) is 6.31. The number of hydrogen-bond acceptors (Lipinski definition) is 2. The highest BCUT2D eigenvalue weighted by molar-refractivity contribution is 6.30. The van der Waals surface area contributed by atoms with Crippen molar-refractivity contribution in [2.24, 2.45) is 0 Å². The van der Waals surface area contributed by atoms with Crippen LogP contribution in [0, 0.1) is 0 Å². The number of aliphatic carboxylic acids is 1. The van der Waals surface area contributed by atoms with Gasteiger partial charge in [0.05, 0.1) is 0 Å². The highest BCUT2D eigenvalue weighted by atomic mass is 35.5. The summed E-state index contributed by atoms with van der Waals surface area (Å²) >= 11 is 5.80. The zero-order chi connectivity index (χ0) is 15.1. The number of carbonyl (C=O) groups is 2. The summed E-state index contributed by atoms with van der Waals surface area (Å²) in [6.45, 7) is 3.55. The first-order valence-corrected chi connectivity index (χ1v) is 6.91. The van der Waals surface area contributed by atoms with Crippen LogP contribution in [0.1, 0.15) is 26.7 Å². The van der Waals surface area contributed by atoms with Crippen LogP contribution < -0.4 is 10.2 Å². The Morgan fingerprint density at radius 3 is 2.25 bits per heavy atom. The maximum absolute atomic E-state index is 12.2. The molecular formula is C14H19ClN2O3. The van der Waals surface area contributed by atoms with Crippen LogP contribution in [0.5, 0.6) is 0 Å². The van der Waals surface area contributed by atoms with Gasteiger partial charge in [0.25, 0.3) is 0 Å². The fraction of sp³-hybridized carbons (Fsp3) is 0.429. The van der Waals surface area contributed by atoms with Gasteiger partial charge in [-0.3, -0.25) is 9.69 Å². The monoisotopic (exact) mass is 298 g/mol. The minimum Gasteiger partial charge on any atom is -0.480 e. The van der Waals surface area contributed by atoms with Crippen LogP contribution in [0.15, 0.2) is 24.3 Å². The minimum absolute atomic E-state index is 0.0334. The predicted octanol–water partition coefficient (Wildman–Crippen LogP) is 3.13. The van der Waals surface area contributed by atoms with Gasteiger partial charge in [0.2, 0.25) is 0 Å². The molecule has 1 aromatic carbocycles.